The first kappa shape index (κ1) is 19.6. The number of hydrogen-bond acceptors (Lipinski definition) is 4. The third kappa shape index (κ3) is 3.44. The van der Waals surface area contributed by atoms with Crippen LogP contribution in [0, 0.1) is 12.8 Å². The summed E-state index contributed by atoms with van der Waals surface area (Å²) in [6.45, 7) is 4.47. The Hall–Kier alpha value is -3.35. The van der Waals surface area contributed by atoms with Crippen molar-refractivity contribution in [2.45, 2.75) is 45.4 Å². The van der Waals surface area contributed by atoms with Crippen LogP contribution in [0.5, 0.6) is 0 Å². The predicted molar refractivity (Wildman–Crippen MR) is 123 cm³/mol. The molecule has 1 amide bonds. The lowest BCUT2D eigenvalue weighted by atomic mass is 9.81. The second-order valence-corrected chi connectivity index (χ2v) is 8.68. The molecular weight excluding hydrogens is 388 g/mol. The summed E-state index contributed by atoms with van der Waals surface area (Å²) in [7, 11) is 0. The summed E-state index contributed by atoms with van der Waals surface area (Å²) in [6, 6.07) is 8.30. The van der Waals surface area contributed by atoms with E-state index in [2.05, 4.69) is 44.8 Å². The van der Waals surface area contributed by atoms with Crippen molar-refractivity contribution in [1.82, 2.24) is 24.7 Å². The monoisotopic (exact) mass is 416 g/mol. The summed E-state index contributed by atoms with van der Waals surface area (Å²) >= 11 is 0. The summed E-state index contributed by atoms with van der Waals surface area (Å²) in [6.07, 6.45) is 7.99. The molecule has 0 radical (unpaired) electrons. The van der Waals surface area contributed by atoms with E-state index in [-0.39, 0.29) is 5.91 Å². The molecule has 1 aromatic carbocycles. The smallest absolute Gasteiger partial charge is 0.216 e. The van der Waals surface area contributed by atoms with Gasteiger partial charge in [0.1, 0.15) is 22.9 Å². The van der Waals surface area contributed by atoms with E-state index in [9.17, 15) is 4.79 Å². The number of benzene rings is 1. The van der Waals surface area contributed by atoms with Crippen molar-refractivity contribution in [2.75, 3.05) is 12.3 Å². The summed E-state index contributed by atoms with van der Waals surface area (Å²) in [5.41, 5.74) is 11.4. The van der Waals surface area contributed by atoms with Crippen LogP contribution in [0.3, 0.4) is 0 Å². The van der Waals surface area contributed by atoms with E-state index in [4.69, 9.17) is 10.7 Å². The number of aromatic amines is 1. The Morgan fingerprint density at radius 3 is 2.77 bits per heavy atom. The quantitative estimate of drug-likeness (QED) is 0.464. The lowest BCUT2D eigenvalue weighted by molar-refractivity contribution is -0.119. The van der Waals surface area contributed by atoms with Gasteiger partial charge in [-0.1, -0.05) is 18.2 Å². The first-order valence-electron chi connectivity index (χ1n) is 11.0. The maximum atomic E-state index is 11.2. The standard InChI is InChI=1S/C24H28N6O/c1-14-18-5-3-4-6-19(18)28-20(14)21-22-23(25)26-11-12-30(22)24(29-21)17-9-7-16(8-10-17)13-27-15(2)31/h3-6,11-12,16-17,28H,7-10,13H2,1-2H3,(H2,25,26)(H,27,31). The Balaban J connectivity index is 1.53. The topological polar surface area (TPSA) is 101 Å². The summed E-state index contributed by atoms with van der Waals surface area (Å²) in [5.74, 6) is 2.49. The van der Waals surface area contributed by atoms with Gasteiger partial charge in [0, 0.05) is 42.7 Å². The largest absolute Gasteiger partial charge is 0.382 e. The molecule has 1 saturated carbocycles. The van der Waals surface area contributed by atoms with E-state index in [1.807, 2.05) is 12.3 Å². The van der Waals surface area contributed by atoms with E-state index in [0.717, 1.165) is 60.5 Å². The van der Waals surface area contributed by atoms with Crippen molar-refractivity contribution in [3.05, 3.63) is 48.0 Å². The number of para-hydroxylation sites is 1. The van der Waals surface area contributed by atoms with Crippen molar-refractivity contribution in [3.63, 3.8) is 0 Å². The third-order valence-electron chi connectivity index (χ3n) is 6.66. The minimum Gasteiger partial charge on any atom is -0.382 e. The van der Waals surface area contributed by atoms with Crippen LogP contribution in [-0.2, 0) is 4.79 Å². The second kappa shape index (κ2) is 7.72. The fourth-order valence-electron chi connectivity index (χ4n) is 4.98. The van der Waals surface area contributed by atoms with E-state index < -0.39 is 0 Å². The number of hydrogen-bond donors (Lipinski definition) is 3. The van der Waals surface area contributed by atoms with Crippen LogP contribution in [0.25, 0.3) is 27.8 Å². The number of nitrogen functional groups attached to an aromatic ring is 1. The Morgan fingerprint density at radius 1 is 1.26 bits per heavy atom. The van der Waals surface area contributed by atoms with Crippen LogP contribution >= 0.6 is 0 Å². The van der Waals surface area contributed by atoms with Crippen LogP contribution in [0.15, 0.2) is 36.7 Å². The Morgan fingerprint density at radius 2 is 2.03 bits per heavy atom. The van der Waals surface area contributed by atoms with Crippen LogP contribution in [0.4, 0.5) is 5.82 Å². The predicted octanol–water partition coefficient (Wildman–Crippen LogP) is 4.18. The molecule has 0 bridgehead atoms. The van der Waals surface area contributed by atoms with Gasteiger partial charge in [-0.15, -0.1) is 0 Å². The van der Waals surface area contributed by atoms with Crippen molar-refractivity contribution in [1.29, 1.82) is 0 Å². The first-order valence-corrected chi connectivity index (χ1v) is 11.0. The van der Waals surface area contributed by atoms with Gasteiger partial charge in [-0.2, -0.15) is 0 Å². The molecule has 0 saturated heterocycles. The highest BCUT2D eigenvalue weighted by Gasteiger charge is 2.28. The molecule has 4 N–H and O–H groups in total. The van der Waals surface area contributed by atoms with Gasteiger partial charge in [0.2, 0.25) is 5.91 Å². The zero-order chi connectivity index (χ0) is 21.5. The molecule has 7 nitrogen and oxygen atoms in total. The Kier molecular flexibility index (Phi) is 4.88. The molecule has 0 atom stereocenters. The number of aromatic nitrogens is 4. The first-order chi connectivity index (χ1) is 15.0. The molecule has 7 heteroatoms. The number of aryl methyl sites for hydroxylation is 1. The average Bonchev–Trinajstić information content (AvgIpc) is 3.32. The lowest BCUT2D eigenvalue weighted by Gasteiger charge is -2.27. The number of H-pyrrole nitrogens is 1. The zero-order valence-corrected chi connectivity index (χ0v) is 18.0. The van der Waals surface area contributed by atoms with Gasteiger partial charge in [-0.25, -0.2) is 9.97 Å². The molecule has 5 rings (SSSR count). The average molecular weight is 417 g/mol. The van der Waals surface area contributed by atoms with Crippen LogP contribution in [-0.4, -0.2) is 31.8 Å². The second-order valence-electron chi connectivity index (χ2n) is 8.68. The normalized spacial score (nSPS) is 19.2. The molecule has 0 unspecified atom stereocenters. The number of rotatable bonds is 4. The van der Waals surface area contributed by atoms with Gasteiger partial charge < -0.3 is 16.0 Å². The van der Waals surface area contributed by atoms with Crippen LogP contribution < -0.4 is 11.1 Å². The number of nitrogens with two attached hydrogens (primary N) is 1. The highest BCUT2D eigenvalue weighted by Crippen LogP contribution is 2.39. The van der Waals surface area contributed by atoms with Gasteiger partial charge in [0.05, 0.1) is 5.69 Å². The molecule has 3 heterocycles. The number of amides is 1. The van der Waals surface area contributed by atoms with Gasteiger partial charge >= 0.3 is 0 Å². The number of anilines is 1. The van der Waals surface area contributed by atoms with E-state index in [0.29, 0.717) is 17.7 Å². The summed E-state index contributed by atoms with van der Waals surface area (Å²) in [4.78, 5) is 24.3. The molecular formula is C24H28N6O. The van der Waals surface area contributed by atoms with E-state index in [1.165, 1.54) is 10.9 Å². The molecule has 1 aliphatic carbocycles. The number of fused-ring (bicyclic) bond motifs is 2. The maximum Gasteiger partial charge on any atom is 0.216 e. The number of nitrogens with zero attached hydrogens (tertiary/aromatic N) is 3. The fraction of sp³-hybridized carbons (Fsp3) is 0.375. The molecule has 0 spiro atoms. The van der Waals surface area contributed by atoms with Crippen molar-refractivity contribution >= 4 is 28.1 Å². The molecule has 160 valence electrons. The molecule has 1 aliphatic rings. The highest BCUT2D eigenvalue weighted by atomic mass is 16.1. The van der Waals surface area contributed by atoms with Gasteiger partial charge in [0.15, 0.2) is 0 Å². The number of carbonyl (C=O) groups excluding carboxylic acids is 1. The lowest BCUT2D eigenvalue weighted by Crippen LogP contribution is -2.29. The molecule has 1 fully saturated rings. The van der Waals surface area contributed by atoms with Gasteiger partial charge in [-0.3, -0.25) is 9.20 Å². The SMILES string of the molecule is CC(=O)NCC1CCC(c2nc(-c3[nH]c4ccccc4c3C)c3c(N)nccn23)CC1. The summed E-state index contributed by atoms with van der Waals surface area (Å²) < 4.78 is 2.13. The van der Waals surface area contributed by atoms with E-state index in [1.54, 1.807) is 13.1 Å². The Bertz CT molecular complexity index is 1260. The van der Waals surface area contributed by atoms with Crippen LogP contribution in [0.1, 0.15) is 49.9 Å². The highest BCUT2D eigenvalue weighted by molar-refractivity contribution is 5.94. The Labute approximate surface area is 181 Å². The molecule has 31 heavy (non-hydrogen) atoms. The third-order valence-corrected chi connectivity index (χ3v) is 6.66. The van der Waals surface area contributed by atoms with Crippen molar-refractivity contribution in [2.24, 2.45) is 5.92 Å². The van der Waals surface area contributed by atoms with Crippen molar-refractivity contribution in [3.8, 4) is 11.4 Å². The van der Waals surface area contributed by atoms with Gasteiger partial charge in [-0.05, 0) is 50.2 Å². The maximum absolute atomic E-state index is 11.2. The molecule has 4 aromatic rings. The van der Waals surface area contributed by atoms with E-state index >= 15 is 0 Å². The summed E-state index contributed by atoms with van der Waals surface area (Å²) in [5, 5.41) is 4.16. The zero-order valence-electron chi connectivity index (χ0n) is 18.0. The number of nitrogens with one attached hydrogen (secondary N) is 2. The molecule has 3 aromatic heterocycles. The number of carbonyl (C=O) groups is 1. The van der Waals surface area contributed by atoms with Gasteiger partial charge in [0.25, 0.3) is 0 Å². The fourth-order valence-corrected chi connectivity index (χ4v) is 4.98. The minimum absolute atomic E-state index is 0.0442. The molecule has 0 aliphatic heterocycles. The number of imidazole rings is 1. The minimum atomic E-state index is 0.0442. The van der Waals surface area contributed by atoms with Crippen LogP contribution in [0.2, 0.25) is 0 Å². The van der Waals surface area contributed by atoms with Crippen molar-refractivity contribution < 1.29 is 4.79 Å².